The molecule has 1 unspecified atom stereocenters. The van der Waals surface area contributed by atoms with Gasteiger partial charge < -0.3 is 10.5 Å². The molecule has 3 rings (SSSR count). The number of nitro groups is 1. The standard InChI is InChI=1S/C17H14N6O5S/c1-9(28-16(25)13-14(18)20-6-5-19-13)15(24)22-17-21-12(8-29-17)10-3-2-4-11(7-10)23(26)27/h2-9H,1H3,(H2,18,20)(H,21,22,24). The largest absolute Gasteiger partial charge is 0.448 e. The number of anilines is 2. The van der Waals surface area contributed by atoms with Crippen molar-refractivity contribution in [3.05, 3.63) is 57.8 Å². The molecule has 0 spiro atoms. The first kappa shape index (κ1) is 19.8. The Kier molecular flexibility index (Phi) is 5.74. The maximum atomic E-state index is 12.3. The van der Waals surface area contributed by atoms with Crippen molar-refractivity contribution in [2.75, 3.05) is 11.1 Å². The van der Waals surface area contributed by atoms with E-state index in [1.807, 2.05) is 0 Å². The zero-order chi connectivity index (χ0) is 21.0. The summed E-state index contributed by atoms with van der Waals surface area (Å²) in [6.45, 7) is 1.38. The quantitative estimate of drug-likeness (QED) is 0.350. The molecule has 0 aliphatic heterocycles. The summed E-state index contributed by atoms with van der Waals surface area (Å²) in [6.07, 6.45) is 1.46. The maximum Gasteiger partial charge on any atom is 0.361 e. The Hall–Kier alpha value is -3.93. The molecule has 0 saturated carbocycles. The van der Waals surface area contributed by atoms with E-state index in [1.54, 1.807) is 17.5 Å². The number of rotatable bonds is 6. The third-order valence-corrected chi connectivity index (χ3v) is 4.42. The first-order chi connectivity index (χ1) is 13.8. The molecule has 2 heterocycles. The van der Waals surface area contributed by atoms with Gasteiger partial charge in [-0.1, -0.05) is 12.1 Å². The van der Waals surface area contributed by atoms with Crippen LogP contribution in [0.25, 0.3) is 11.3 Å². The predicted molar refractivity (Wildman–Crippen MR) is 104 cm³/mol. The molecule has 0 saturated heterocycles. The van der Waals surface area contributed by atoms with E-state index < -0.39 is 22.9 Å². The molecule has 12 heteroatoms. The molecule has 3 aromatic rings. The van der Waals surface area contributed by atoms with E-state index in [0.29, 0.717) is 11.3 Å². The molecule has 2 aromatic heterocycles. The number of hydrogen-bond acceptors (Lipinski definition) is 10. The van der Waals surface area contributed by atoms with Gasteiger partial charge in [-0.2, -0.15) is 0 Å². The zero-order valence-electron chi connectivity index (χ0n) is 14.9. The van der Waals surface area contributed by atoms with Crippen molar-refractivity contribution in [1.82, 2.24) is 15.0 Å². The molecular weight excluding hydrogens is 400 g/mol. The topological polar surface area (TPSA) is 163 Å². The Labute approximate surface area is 167 Å². The summed E-state index contributed by atoms with van der Waals surface area (Å²) in [5.74, 6) is -1.60. The van der Waals surface area contributed by atoms with E-state index in [0.717, 1.165) is 11.3 Å². The molecule has 29 heavy (non-hydrogen) atoms. The number of nitrogens with one attached hydrogen (secondary N) is 1. The molecule has 0 aliphatic carbocycles. The highest BCUT2D eigenvalue weighted by Gasteiger charge is 2.22. The fourth-order valence-corrected chi connectivity index (χ4v) is 2.95. The summed E-state index contributed by atoms with van der Waals surface area (Å²) >= 11 is 1.13. The van der Waals surface area contributed by atoms with Gasteiger partial charge in [-0.3, -0.25) is 20.2 Å². The second-order valence-corrected chi connectivity index (χ2v) is 6.53. The highest BCUT2D eigenvalue weighted by molar-refractivity contribution is 7.14. The first-order valence-electron chi connectivity index (χ1n) is 8.14. The normalized spacial score (nSPS) is 11.5. The van der Waals surface area contributed by atoms with Crippen molar-refractivity contribution in [2.45, 2.75) is 13.0 Å². The Morgan fingerprint density at radius 2 is 2.07 bits per heavy atom. The molecule has 0 radical (unpaired) electrons. The molecule has 0 fully saturated rings. The molecule has 1 aromatic carbocycles. The average Bonchev–Trinajstić information content (AvgIpc) is 3.16. The van der Waals surface area contributed by atoms with Crippen LogP contribution in [-0.4, -0.2) is 37.9 Å². The van der Waals surface area contributed by atoms with Crippen LogP contribution >= 0.6 is 11.3 Å². The number of nitrogens with two attached hydrogens (primary N) is 1. The van der Waals surface area contributed by atoms with Gasteiger partial charge in [-0.15, -0.1) is 11.3 Å². The van der Waals surface area contributed by atoms with Crippen molar-refractivity contribution < 1.29 is 19.2 Å². The Morgan fingerprint density at radius 1 is 1.31 bits per heavy atom. The second-order valence-electron chi connectivity index (χ2n) is 5.67. The molecule has 3 N–H and O–H groups in total. The zero-order valence-corrected chi connectivity index (χ0v) is 15.8. The van der Waals surface area contributed by atoms with Gasteiger partial charge in [0.05, 0.1) is 10.6 Å². The number of aromatic nitrogens is 3. The summed E-state index contributed by atoms with van der Waals surface area (Å²) in [6, 6.07) is 5.98. The number of esters is 1. The summed E-state index contributed by atoms with van der Waals surface area (Å²) in [7, 11) is 0. The lowest BCUT2D eigenvalue weighted by Crippen LogP contribution is -2.30. The number of nitrogens with zero attached hydrogens (tertiary/aromatic N) is 4. The Balaban J connectivity index is 1.65. The van der Waals surface area contributed by atoms with Crippen molar-refractivity contribution in [3.63, 3.8) is 0 Å². The van der Waals surface area contributed by atoms with E-state index in [9.17, 15) is 19.7 Å². The van der Waals surface area contributed by atoms with Crippen LogP contribution in [0.1, 0.15) is 17.4 Å². The third-order valence-electron chi connectivity index (χ3n) is 3.66. The fourth-order valence-electron chi connectivity index (χ4n) is 2.23. The van der Waals surface area contributed by atoms with Gasteiger partial charge >= 0.3 is 5.97 Å². The van der Waals surface area contributed by atoms with Crippen molar-refractivity contribution >= 4 is 39.9 Å². The minimum Gasteiger partial charge on any atom is -0.448 e. The number of thiazole rings is 1. The summed E-state index contributed by atoms with van der Waals surface area (Å²) in [5, 5.41) is 15.3. The number of carbonyl (C=O) groups is 2. The Morgan fingerprint density at radius 3 is 2.79 bits per heavy atom. The van der Waals surface area contributed by atoms with Gasteiger partial charge in [0.2, 0.25) is 0 Å². The van der Waals surface area contributed by atoms with Crippen LogP contribution < -0.4 is 11.1 Å². The summed E-state index contributed by atoms with van der Waals surface area (Å²) in [4.78, 5) is 46.5. The molecule has 148 valence electrons. The van der Waals surface area contributed by atoms with Gasteiger partial charge in [-0.25, -0.2) is 19.7 Å². The number of hydrogen-bond donors (Lipinski definition) is 2. The SMILES string of the molecule is CC(OC(=O)c1nccnc1N)C(=O)Nc1nc(-c2cccc([N+](=O)[O-])c2)cs1. The number of benzene rings is 1. The van der Waals surface area contributed by atoms with Gasteiger partial charge in [0.1, 0.15) is 0 Å². The minimum absolute atomic E-state index is 0.0649. The van der Waals surface area contributed by atoms with Gasteiger partial charge in [0, 0.05) is 35.5 Å². The van der Waals surface area contributed by atoms with E-state index in [1.165, 1.54) is 31.5 Å². The number of non-ortho nitro benzene ring substituents is 1. The summed E-state index contributed by atoms with van der Waals surface area (Å²) < 4.78 is 5.05. The number of nitro benzene ring substituents is 1. The fraction of sp³-hybridized carbons (Fsp3) is 0.118. The van der Waals surface area contributed by atoms with Crippen LogP contribution in [0, 0.1) is 10.1 Å². The van der Waals surface area contributed by atoms with Crippen LogP contribution in [0.4, 0.5) is 16.6 Å². The summed E-state index contributed by atoms with van der Waals surface area (Å²) in [5.41, 5.74) is 6.31. The molecule has 0 bridgehead atoms. The van der Waals surface area contributed by atoms with Crippen molar-refractivity contribution in [2.24, 2.45) is 0 Å². The second kappa shape index (κ2) is 8.39. The maximum absolute atomic E-state index is 12.3. The molecule has 0 aliphatic rings. The van der Waals surface area contributed by atoms with E-state index in [2.05, 4.69) is 20.3 Å². The number of carbonyl (C=O) groups excluding carboxylic acids is 2. The van der Waals surface area contributed by atoms with Gasteiger partial charge in [0.15, 0.2) is 22.7 Å². The number of ether oxygens (including phenoxy) is 1. The third kappa shape index (κ3) is 4.68. The monoisotopic (exact) mass is 414 g/mol. The minimum atomic E-state index is -1.14. The molecular formula is C17H14N6O5S. The van der Waals surface area contributed by atoms with Crippen LogP contribution in [-0.2, 0) is 9.53 Å². The highest BCUT2D eigenvalue weighted by atomic mass is 32.1. The van der Waals surface area contributed by atoms with Gasteiger partial charge in [-0.05, 0) is 6.92 Å². The lowest BCUT2D eigenvalue weighted by molar-refractivity contribution is -0.384. The lowest BCUT2D eigenvalue weighted by Gasteiger charge is -2.12. The molecule has 1 atom stereocenters. The first-order valence-corrected chi connectivity index (χ1v) is 9.02. The lowest BCUT2D eigenvalue weighted by atomic mass is 10.1. The predicted octanol–water partition coefficient (Wildman–Crippen LogP) is 2.27. The number of amides is 1. The smallest absolute Gasteiger partial charge is 0.361 e. The van der Waals surface area contributed by atoms with Crippen LogP contribution in [0.5, 0.6) is 0 Å². The van der Waals surface area contributed by atoms with Crippen LogP contribution in [0.2, 0.25) is 0 Å². The van der Waals surface area contributed by atoms with Crippen molar-refractivity contribution in [1.29, 1.82) is 0 Å². The Bertz CT molecular complexity index is 1090. The average molecular weight is 414 g/mol. The van der Waals surface area contributed by atoms with E-state index >= 15 is 0 Å². The number of nitrogen functional groups attached to an aromatic ring is 1. The molecule has 11 nitrogen and oxygen atoms in total. The van der Waals surface area contributed by atoms with E-state index in [4.69, 9.17) is 10.5 Å². The highest BCUT2D eigenvalue weighted by Crippen LogP contribution is 2.27. The van der Waals surface area contributed by atoms with Crippen LogP contribution in [0.3, 0.4) is 0 Å². The van der Waals surface area contributed by atoms with Crippen LogP contribution in [0.15, 0.2) is 42.0 Å². The van der Waals surface area contributed by atoms with E-state index in [-0.39, 0.29) is 22.3 Å². The van der Waals surface area contributed by atoms with Gasteiger partial charge in [0.25, 0.3) is 11.6 Å². The molecule has 1 amide bonds. The van der Waals surface area contributed by atoms with Crippen molar-refractivity contribution in [3.8, 4) is 11.3 Å².